The molecule has 0 saturated carbocycles. The third-order valence-corrected chi connectivity index (χ3v) is 3.22. The van der Waals surface area contributed by atoms with E-state index in [1.165, 1.54) is 0 Å². The topological polar surface area (TPSA) is 76.7 Å². The van der Waals surface area contributed by atoms with Crippen LogP contribution >= 0.6 is 0 Å². The lowest BCUT2D eigenvalue weighted by Gasteiger charge is -2.06. The summed E-state index contributed by atoms with van der Waals surface area (Å²) in [4.78, 5) is 13.0. The minimum absolute atomic E-state index is 0.0801. The molecule has 0 aliphatic rings. The van der Waals surface area contributed by atoms with Crippen LogP contribution in [0.15, 0.2) is 35.1 Å². The summed E-state index contributed by atoms with van der Waals surface area (Å²) >= 11 is 0. The van der Waals surface area contributed by atoms with Gasteiger partial charge in [0, 0.05) is 18.0 Å². The van der Waals surface area contributed by atoms with Gasteiger partial charge < -0.3 is 9.84 Å². The molecule has 0 saturated heterocycles. The average molecular weight is 269 g/mol. The molecule has 6 nitrogen and oxygen atoms in total. The zero-order valence-electron chi connectivity index (χ0n) is 11.4. The van der Waals surface area contributed by atoms with Crippen molar-refractivity contribution in [2.45, 2.75) is 19.4 Å². The predicted molar refractivity (Wildman–Crippen MR) is 74.9 cm³/mol. The van der Waals surface area contributed by atoms with E-state index in [1.54, 1.807) is 12.4 Å². The summed E-state index contributed by atoms with van der Waals surface area (Å²) in [5, 5.41) is 7.18. The molecule has 1 N–H and O–H groups in total. The molecular formula is C14H15N5O. The Hall–Kier alpha value is -2.34. The Morgan fingerprint density at radius 2 is 2.00 bits per heavy atom. The highest BCUT2D eigenvalue weighted by atomic mass is 16.5. The van der Waals surface area contributed by atoms with Gasteiger partial charge in [0.05, 0.1) is 17.1 Å². The van der Waals surface area contributed by atoms with Gasteiger partial charge in [0.15, 0.2) is 0 Å². The minimum Gasteiger partial charge on any atom is -0.337 e. The average Bonchev–Trinajstić information content (AvgIpc) is 2.98. The monoisotopic (exact) mass is 269 g/mol. The Balaban J connectivity index is 1.98. The summed E-state index contributed by atoms with van der Waals surface area (Å²) in [7, 11) is 1.88. The zero-order chi connectivity index (χ0) is 13.9. The first-order chi connectivity index (χ1) is 9.81. The van der Waals surface area contributed by atoms with Crippen LogP contribution in [0.2, 0.25) is 0 Å². The van der Waals surface area contributed by atoms with Gasteiger partial charge in [-0.1, -0.05) is 12.1 Å². The minimum atomic E-state index is 0.0801. The highest BCUT2D eigenvalue weighted by Crippen LogP contribution is 2.22. The lowest BCUT2D eigenvalue weighted by Crippen LogP contribution is -2.15. The van der Waals surface area contributed by atoms with Crippen LogP contribution < -0.4 is 5.32 Å². The molecule has 2 heterocycles. The summed E-state index contributed by atoms with van der Waals surface area (Å²) in [5.41, 5.74) is 2.54. The van der Waals surface area contributed by atoms with Crippen molar-refractivity contribution >= 4 is 11.0 Å². The fourth-order valence-corrected chi connectivity index (χ4v) is 2.10. The molecular weight excluding hydrogens is 254 g/mol. The Morgan fingerprint density at radius 1 is 1.20 bits per heavy atom. The van der Waals surface area contributed by atoms with E-state index >= 15 is 0 Å². The number of nitrogens with one attached hydrogen (secondary N) is 1. The number of aromatic nitrogens is 4. The molecule has 1 atom stereocenters. The molecule has 3 aromatic rings. The third-order valence-electron chi connectivity index (χ3n) is 3.22. The molecule has 0 amide bonds. The highest BCUT2D eigenvalue weighted by Gasteiger charge is 2.16. The molecule has 1 aromatic carbocycles. The number of hydrogen-bond donors (Lipinski definition) is 1. The molecule has 20 heavy (non-hydrogen) atoms. The van der Waals surface area contributed by atoms with Crippen molar-refractivity contribution < 1.29 is 4.52 Å². The van der Waals surface area contributed by atoms with Crippen molar-refractivity contribution in [1.29, 1.82) is 0 Å². The third kappa shape index (κ3) is 2.25. The van der Waals surface area contributed by atoms with Gasteiger partial charge >= 0.3 is 0 Å². The Morgan fingerprint density at radius 3 is 2.75 bits per heavy atom. The molecule has 0 spiro atoms. The first-order valence-electron chi connectivity index (χ1n) is 6.54. The molecule has 0 radical (unpaired) electrons. The van der Waals surface area contributed by atoms with Crippen molar-refractivity contribution in [3.05, 3.63) is 36.5 Å². The largest absolute Gasteiger partial charge is 0.337 e. The smallest absolute Gasteiger partial charge is 0.244 e. The van der Waals surface area contributed by atoms with E-state index in [2.05, 4.69) is 32.3 Å². The van der Waals surface area contributed by atoms with Crippen LogP contribution in [0.4, 0.5) is 0 Å². The van der Waals surface area contributed by atoms with E-state index in [4.69, 9.17) is 4.52 Å². The van der Waals surface area contributed by atoms with Crippen molar-refractivity contribution in [1.82, 2.24) is 25.4 Å². The van der Waals surface area contributed by atoms with Crippen molar-refractivity contribution in [2.75, 3.05) is 7.05 Å². The summed E-state index contributed by atoms with van der Waals surface area (Å²) in [5.74, 6) is 1.17. The quantitative estimate of drug-likeness (QED) is 0.783. The van der Waals surface area contributed by atoms with Crippen molar-refractivity contribution in [3.8, 4) is 11.4 Å². The van der Waals surface area contributed by atoms with Crippen molar-refractivity contribution in [3.63, 3.8) is 0 Å². The van der Waals surface area contributed by atoms with Gasteiger partial charge in [-0.25, -0.2) is 0 Å². The molecule has 0 fully saturated rings. The lowest BCUT2D eigenvalue weighted by atomic mass is 10.2. The van der Waals surface area contributed by atoms with E-state index in [0.29, 0.717) is 11.7 Å². The van der Waals surface area contributed by atoms with Gasteiger partial charge in [0.25, 0.3) is 0 Å². The van der Waals surface area contributed by atoms with Crippen molar-refractivity contribution in [2.24, 2.45) is 0 Å². The van der Waals surface area contributed by atoms with Crippen LogP contribution in [-0.2, 0) is 0 Å². The van der Waals surface area contributed by atoms with E-state index in [-0.39, 0.29) is 6.04 Å². The van der Waals surface area contributed by atoms with Gasteiger partial charge in [-0.2, -0.15) is 4.98 Å². The Kier molecular flexibility index (Phi) is 3.39. The first-order valence-corrected chi connectivity index (χ1v) is 6.54. The van der Waals surface area contributed by atoms with Gasteiger partial charge in [0.1, 0.15) is 0 Å². The number of fused-ring (bicyclic) bond motifs is 1. The number of nitrogens with zero attached hydrogens (tertiary/aromatic N) is 4. The first kappa shape index (κ1) is 12.7. The molecule has 0 aliphatic carbocycles. The van der Waals surface area contributed by atoms with Crippen LogP contribution in [0.5, 0.6) is 0 Å². The SMILES string of the molecule is CCC(NC)c1nc(-c2ccc3nccnc3c2)no1. The standard InChI is InChI=1S/C14H15N5O/c1-3-10(15-2)14-18-13(19-20-14)9-4-5-11-12(8-9)17-7-6-16-11/h4-8,10,15H,3H2,1-2H3. The second-order valence-corrected chi connectivity index (χ2v) is 4.47. The summed E-state index contributed by atoms with van der Waals surface area (Å²) in [6, 6.07) is 5.82. The fraction of sp³-hybridized carbons (Fsp3) is 0.286. The van der Waals surface area contributed by atoms with Crippen LogP contribution in [0.1, 0.15) is 25.3 Å². The van der Waals surface area contributed by atoms with Gasteiger partial charge in [-0.05, 0) is 31.7 Å². The molecule has 1 unspecified atom stereocenters. The number of hydrogen-bond acceptors (Lipinski definition) is 6. The molecule has 0 aliphatic heterocycles. The van der Waals surface area contributed by atoms with Gasteiger partial charge in [-0.15, -0.1) is 0 Å². The maximum absolute atomic E-state index is 5.32. The zero-order valence-corrected chi connectivity index (χ0v) is 11.4. The second-order valence-electron chi connectivity index (χ2n) is 4.47. The highest BCUT2D eigenvalue weighted by molar-refractivity contribution is 5.79. The maximum Gasteiger partial charge on any atom is 0.244 e. The predicted octanol–water partition coefficient (Wildman–Crippen LogP) is 2.35. The van der Waals surface area contributed by atoms with Crippen LogP contribution in [0, 0.1) is 0 Å². The Labute approximate surface area is 116 Å². The molecule has 2 aromatic heterocycles. The van der Waals surface area contributed by atoms with E-state index in [9.17, 15) is 0 Å². The fourth-order valence-electron chi connectivity index (χ4n) is 2.10. The van der Waals surface area contributed by atoms with Gasteiger partial charge in [-0.3, -0.25) is 9.97 Å². The van der Waals surface area contributed by atoms with Crippen LogP contribution in [0.25, 0.3) is 22.4 Å². The second kappa shape index (κ2) is 5.34. The summed E-state index contributed by atoms with van der Waals surface area (Å²) in [6.07, 6.45) is 4.23. The van der Waals surface area contributed by atoms with Crippen LogP contribution in [0.3, 0.4) is 0 Å². The van der Waals surface area contributed by atoms with E-state index < -0.39 is 0 Å². The molecule has 0 bridgehead atoms. The number of rotatable bonds is 4. The summed E-state index contributed by atoms with van der Waals surface area (Å²) < 4.78 is 5.32. The molecule has 6 heteroatoms. The molecule has 102 valence electrons. The summed E-state index contributed by atoms with van der Waals surface area (Å²) in [6.45, 7) is 2.07. The molecule has 3 rings (SSSR count). The Bertz CT molecular complexity index is 720. The lowest BCUT2D eigenvalue weighted by molar-refractivity contribution is 0.334. The number of benzene rings is 1. The maximum atomic E-state index is 5.32. The normalized spacial score (nSPS) is 12.7. The van der Waals surface area contributed by atoms with E-state index in [0.717, 1.165) is 23.0 Å². The van der Waals surface area contributed by atoms with Crippen LogP contribution in [-0.4, -0.2) is 27.2 Å². The van der Waals surface area contributed by atoms with E-state index in [1.807, 2.05) is 25.2 Å². The van der Waals surface area contributed by atoms with Gasteiger partial charge in [0.2, 0.25) is 11.7 Å².